The van der Waals surface area contributed by atoms with Crippen molar-refractivity contribution in [3.05, 3.63) is 37.9 Å². The van der Waals surface area contributed by atoms with Crippen LogP contribution in [0.25, 0.3) is 0 Å². The van der Waals surface area contributed by atoms with E-state index in [0.29, 0.717) is 26.3 Å². The van der Waals surface area contributed by atoms with Gasteiger partial charge in [-0.3, -0.25) is 20.3 Å². The van der Waals surface area contributed by atoms with Crippen LogP contribution in [0.4, 0.5) is 5.69 Å². The van der Waals surface area contributed by atoms with Gasteiger partial charge in [-0.2, -0.15) is 0 Å². The van der Waals surface area contributed by atoms with Crippen LogP contribution in [0, 0.1) is 10.1 Å². The number of carbonyl (C=O) groups excluding carboxylic acids is 1. The lowest BCUT2D eigenvalue weighted by atomic mass is 10.2. The summed E-state index contributed by atoms with van der Waals surface area (Å²) in [6.45, 7) is 2.13. The van der Waals surface area contributed by atoms with Gasteiger partial charge in [-0.05, 0) is 6.07 Å². The van der Waals surface area contributed by atoms with Gasteiger partial charge in [0.25, 0.3) is 11.6 Å². The van der Waals surface area contributed by atoms with Gasteiger partial charge in [0.2, 0.25) is 0 Å². The van der Waals surface area contributed by atoms with E-state index in [2.05, 4.69) is 5.43 Å². The molecule has 20 heavy (non-hydrogen) atoms. The molecule has 0 spiro atoms. The quantitative estimate of drug-likeness (QED) is 0.679. The number of carbonyl (C=O) groups is 1. The standard InChI is InChI=1S/C11H11Cl2N3O4/c12-8-5-7(6-9(10(8)13)16(18)19)11(17)14-15-1-3-20-4-2-15/h5-6H,1-4H2,(H,14,17). The van der Waals surface area contributed by atoms with Gasteiger partial charge >= 0.3 is 0 Å². The van der Waals surface area contributed by atoms with E-state index < -0.39 is 16.5 Å². The Hall–Kier alpha value is -1.41. The minimum Gasteiger partial charge on any atom is -0.379 e. The van der Waals surface area contributed by atoms with Crippen LogP contribution in [0.5, 0.6) is 0 Å². The number of nitrogens with one attached hydrogen (secondary N) is 1. The van der Waals surface area contributed by atoms with Crippen LogP contribution in [-0.4, -0.2) is 42.1 Å². The molecule has 0 atom stereocenters. The summed E-state index contributed by atoms with van der Waals surface area (Å²) in [7, 11) is 0. The Morgan fingerprint density at radius 2 is 2.00 bits per heavy atom. The molecule has 1 heterocycles. The Kier molecular flexibility index (Phi) is 4.77. The molecule has 0 bridgehead atoms. The molecule has 1 N–H and O–H groups in total. The van der Waals surface area contributed by atoms with Crippen LogP contribution in [0.3, 0.4) is 0 Å². The molecule has 1 fully saturated rings. The molecule has 1 saturated heterocycles. The minimum atomic E-state index is -0.681. The molecule has 1 aliphatic rings. The Morgan fingerprint density at radius 3 is 2.60 bits per heavy atom. The van der Waals surface area contributed by atoms with Gasteiger partial charge in [-0.15, -0.1) is 0 Å². The van der Waals surface area contributed by atoms with Gasteiger partial charge in [-0.1, -0.05) is 23.2 Å². The van der Waals surface area contributed by atoms with E-state index in [-0.39, 0.29) is 15.6 Å². The largest absolute Gasteiger partial charge is 0.379 e. The second-order valence-corrected chi connectivity index (χ2v) is 4.87. The number of rotatable bonds is 3. The highest BCUT2D eigenvalue weighted by molar-refractivity contribution is 6.43. The summed E-state index contributed by atoms with van der Waals surface area (Å²) in [6.07, 6.45) is 0. The highest BCUT2D eigenvalue weighted by atomic mass is 35.5. The maximum atomic E-state index is 12.0. The average molecular weight is 320 g/mol. The van der Waals surface area contributed by atoms with Crippen molar-refractivity contribution in [3.8, 4) is 0 Å². The third kappa shape index (κ3) is 3.37. The van der Waals surface area contributed by atoms with Crippen molar-refractivity contribution in [2.45, 2.75) is 0 Å². The topological polar surface area (TPSA) is 84.7 Å². The first-order chi connectivity index (χ1) is 9.49. The normalized spacial score (nSPS) is 15.9. The highest BCUT2D eigenvalue weighted by Gasteiger charge is 2.21. The fraction of sp³-hybridized carbons (Fsp3) is 0.364. The van der Waals surface area contributed by atoms with Crippen molar-refractivity contribution >= 4 is 34.8 Å². The molecule has 1 aliphatic heterocycles. The lowest BCUT2D eigenvalue weighted by Crippen LogP contribution is -2.48. The minimum absolute atomic E-state index is 0.0343. The van der Waals surface area contributed by atoms with Crippen molar-refractivity contribution in [2.24, 2.45) is 0 Å². The molecular formula is C11H11Cl2N3O4. The van der Waals surface area contributed by atoms with Crippen molar-refractivity contribution in [3.63, 3.8) is 0 Å². The first-order valence-electron chi connectivity index (χ1n) is 5.76. The van der Waals surface area contributed by atoms with E-state index in [1.165, 1.54) is 6.07 Å². The summed E-state index contributed by atoms with van der Waals surface area (Å²) in [6, 6.07) is 2.40. The fourth-order valence-corrected chi connectivity index (χ4v) is 2.11. The SMILES string of the molecule is O=C(NN1CCOCC1)c1cc(Cl)c(Cl)c([N+](=O)[O-])c1. The van der Waals surface area contributed by atoms with Gasteiger partial charge in [0.05, 0.1) is 23.2 Å². The summed E-state index contributed by atoms with van der Waals surface area (Å²) in [5, 5.41) is 12.3. The van der Waals surface area contributed by atoms with E-state index in [4.69, 9.17) is 27.9 Å². The van der Waals surface area contributed by atoms with E-state index in [1.807, 2.05) is 0 Å². The number of nitro benzene ring substituents is 1. The van der Waals surface area contributed by atoms with E-state index >= 15 is 0 Å². The Bertz CT molecular complexity index is 547. The third-order valence-corrected chi connectivity index (χ3v) is 3.53. The predicted octanol–water partition coefficient (Wildman–Crippen LogP) is 1.88. The summed E-state index contributed by atoms with van der Waals surface area (Å²) in [5.74, 6) is -0.478. The molecule has 0 saturated carbocycles. The number of morpholine rings is 1. The number of amides is 1. The summed E-state index contributed by atoms with van der Waals surface area (Å²) < 4.78 is 5.15. The van der Waals surface area contributed by atoms with Crippen molar-refractivity contribution < 1.29 is 14.5 Å². The van der Waals surface area contributed by atoms with Gasteiger partial charge in [0, 0.05) is 24.7 Å². The molecule has 7 nitrogen and oxygen atoms in total. The molecular weight excluding hydrogens is 309 g/mol. The molecule has 0 aliphatic carbocycles. The molecule has 0 unspecified atom stereocenters. The van der Waals surface area contributed by atoms with Crippen LogP contribution >= 0.6 is 23.2 Å². The number of halogens is 2. The van der Waals surface area contributed by atoms with Gasteiger partial charge < -0.3 is 4.74 Å². The number of hydrogen-bond acceptors (Lipinski definition) is 5. The molecule has 108 valence electrons. The van der Waals surface area contributed by atoms with Crippen molar-refractivity contribution in [2.75, 3.05) is 26.3 Å². The molecule has 1 aromatic rings. The number of benzene rings is 1. The highest BCUT2D eigenvalue weighted by Crippen LogP contribution is 2.33. The van der Waals surface area contributed by atoms with Crippen LogP contribution in [-0.2, 0) is 4.74 Å². The number of nitro groups is 1. The monoisotopic (exact) mass is 319 g/mol. The maximum Gasteiger partial charge on any atom is 0.290 e. The summed E-state index contributed by atoms with van der Waals surface area (Å²) in [5.41, 5.74) is 2.32. The number of nitrogens with zero attached hydrogens (tertiary/aromatic N) is 2. The second kappa shape index (κ2) is 6.36. The Morgan fingerprint density at radius 1 is 1.35 bits per heavy atom. The number of ether oxygens (including phenoxy) is 1. The zero-order valence-electron chi connectivity index (χ0n) is 10.3. The number of hydrazine groups is 1. The first-order valence-corrected chi connectivity index (χ1v) is 6.51. The fourth-order valence-electron chi connectivity index (χ4n) is 1.72. The lowest BCUT2D eigenvalue weighted by molar-refractivity contribution is -0.384. The Balaban J connectivity index is 2.19. The first kappa shape index (κ1) is 15.0. The molecule has 0 radical (unpaired) electrons. The second-order valence-electron chi connectivity index (χ2n) is 4.09. The molecule has 1 amide bonds. The zero-order valence-corrected chi connectivity index (χ0v) is 11.8. The third-order valence-electron chi connectivity index (χ3n) is 2.74. The van der Waals surface area contributed by atoms with Crippen LogP contribution in [0.2, 0.25) is 10.0 Å². The van der Waals surface area contributed by atoms with Gasteiger partial charge in [0.15, 0.2) is 0 Å². The molecule has 9 heteroatoms. The van der Waals surface area contributed by atoms with Gasteiger partial charge in [0.1, 0.15) is 5.02 Å². The summed E-state index contributed by atoms with van der Waals surface area (Å²) in [4.78, 5) is 22.2. The maximum absolute atomic E-state index is 12.0. The molecule has 0 aromatic heterocycles. The summed E-state index contributed by atoms with van der Waals surface area (Å²) >= 11 is 11.5. The smallest absolute Gasteiger partial charge is 0.290 e. The van der Waals surface area contributed by atoms with Crippen molar-refractivity contribution in [1.82, 2.24) is 10.4 Å². The molecule has 1 aromatic carbocycles. The van der Waals surface area contributed by atoms with Gasteiger partial charge in [-0.25, -0.2) is 5.01 Å². The van der Waals surface area contributed by atoms with E-state index in [9.17, 15) is 14.9 Å². The number of hydrogen-bond donors (Lipinski definition) is 1. The van der Waals surface area contributed by atoms with Crippen molar-refractivity contribution in [1.29, 1.82) is 0 Å². The van der Waals surface area contributed by atoms with E-state index in [0.717, 1.165) is 6.07 Å². The van der Waals surface area contributed by atoms with Crippen LogP contribution in [0.15, 0.2) is 12.1 Å². The van der Waals surface area contributed by atoms with Crippen LogP contribution in [0.1, 0.15) is 10.4 Å². The van der Waals surface area contributed by atoms with E-state index in [1.54, 1.807) is 5.01 Å². The molecule has 2 rings (SSSR count). The average Bonchev–Trinajstić information content (AvgIpc) is 2.42. The Labute approximate surface area is 124 Å². The zero-order chi connectivity index (χ0) is 14.7. The lowest BCUT2D eigenvalue weighted by Gasteiger charge is -2.26. The predicted molar refractivity (Wildman–Crippen MR) is 73.0 cm³/mol. The van der Waals surface area contributed by atoms with Crippen LogP contribution < -0.4 is 5.43 Å².